The van der Waals surface area contributed by atoms with Gasteiger partial charge in [0, 0.05) is 31.4 Å². The van der Waals surface area contributed by atoms with Gasteiger partial charge in [-0.2, -0.15) is 0 Å². The van der Waals surface area contributed by atoms with E-state index in [4.69, 9.17) is 0 Å². The molecular weight excluding hydrogens is 244 g/mol. The van der Waals surface area contributed by atoms with Crippen molar-refractivity contribution in [1.29, 1.82) is 0 Å². The molecule has 112 valence electrons. The molecule has 1 aromatic rings. The van der Waals surface area contributed by atoms with Gasteiger partial charge in [-0.3, -0.25) is 0 Å². The van der Waals surface area contributed by atoms with E-state index in [0.29, 0.717) is 6.04 Å². The van der Waals surface area contributed by atoms with E-state index in [9.17, 15) is 0 Å². The maximum Gasteiger partial charge on any atom is 0.0369 e. The van der Waals surface area contributed by atoms with Crippen molar-refractivity contribution >= 4 is 5.69 Å². The summed E-state index contributed by atoms with van der Waals surface area (Å²) in [5.41, 5.74) is 4.22. The number of hydrogen-bond acceptors (Lipinski definition) is 2. The van der Waals surface area contributed by atoms with Gasteiger partial charge in [-0.25, -0.2) is 0 Å². The highest BCUT2D eigenvalue weighted by atomic mass is 15.1. The van der Waals surface area contributed by atoms with Crippen molar-refractivity contribution in [2.24, 2.45) is 11.8 Å². The smallest absolute Gasteiger partial charge is 0.0369 e. The van der Waals surface area contributed by atoms with Gasteiger partial charge >= 0.3 is 0 Å². The van der Waals surface area contributed by atoms with Crippen LogP contribution in [0.4, 0.5) is 5.69 Å². The predicted octanol–water partition coefficient (Wildman–Crippen LogP) is 3.98. The van der Waals surface area contributed by atoms with Gasteiger partial charge in [-0.15, -0.1) is 0 Å². The molecule has 1 saturated heterocycles. The maximum atomic E-state index is 3.50. The van der Waals surface area contributed by atoms with Crippen LogP contribution in [-0.2, 0) is 6.54 Å². The van der Waals surface area contributed by atoms with Gasteiger partial charge < -0.3 is 10.2 Å². The van der Waals surface area contributed by atoms with Crippen LogP contribution in [0, 0.1) is 18.8 Å². The van der Waals surface area contributed by atoms with Crippen molar-refractivity contribution in [3.63, 3.8) is 0 Å². The minimum atomic E-state index is 0.540. The van der Waals surface area contributed by atoms with Gasteiger partial charge in [0.2, 0.25) is 0 Å². The largest absolute Gasteiger partial charge is 0.371 e. The molecule has 0 aliphatic carbocycles. The van der Waals surface area contributed by atoms with Crippen LogP contribution in [0.15, 0.2) is 18.2 Å². The van der Waals surface area contributed by atoms with Crippen molar-refractivity contribution in [2.45, 2.75) is 53.6 Å². The first-order valence-electron chi connectivity index (χ1n) is 8.05. The summed E-state index contributed by atoms with van der Waals surface area (Å²) in [5, 5.41) is 3.50. The zero-order valence-electron chi connectivity index (χ0n) is 13.7. The highest BCUT2D eigenvalue weighted by molar-refractivity contribution is 5.51. The highest BCUT2D eigenvalue weighted by Crippen LogP contribution is 2.28. The minimum Gasteiger partial charge on any atom is -0.371 e. The standard InChI is InChI=1S/C18H30N2/c1-13(2)19-11-17-6-7-18(10-15(17)4)20-9-8-14(3)16(5)12-20/h6-7,10,13-14,16,19H,8-9,11-12H2,1-5H3. The molecule has 0 amide bonds. The first kappa shape index (κ1) is 15.4. The van der Waals surface area contributed by atoms with E-state index in [1.807, 2.05) is 0 Å². The number of aryl methyl sites for hydroxylation is 1. The lowest BCUT2D eigenvalue weighted by atomic mass is 9.88. The van der Waals surface area contributed by atoms with Crippen molar-refractivity contribution in [3.8, 4) is 0 Å². The van der Waals surface area contributed by atoms with Crippen LogP contribution >= 0.6 is 0 Å². The second kappa shape index (κ2) is 6.62. The normalized spacial score (nSPS) is 23.4. The summed E-state index contributed by atoms with van der Waals surface area (Å²) < 4.78 is 0. The Morgan fingerprint density at radius 2 is 2.00 bits per heavy atom. The van der Waals surface area contributed by atoms with Crippen LogP contribution in [0.3, 0.4) is 0 Å². The average Bonchev–Trinajstić information content (AvgIpc) is 2.40. The van der Waals surface area contributed by atoms with Crippen LogP contribution in [0.2, 0.25) is 0 Å². The lowest BCUT2D eigenvalue weighted by Gasteiger charge is -2.37. The Bertz CT molecular complexity index is 439. The number of rotatable bonds is 4. The Kier molecular flexibility index (Phi) is 5.09. The Morgan fingerprint density at radius 3 is 2.60 bits per heavy atom. The topological polar surface area (TPSA) is 15.3 Å². The van der Waals surface area contributed by atoms with Gasteiger partial charge in [-0.05, 0) is 48.4 Å². The molecule has 2 atom stereocenters. The minimum absolute atomic E-state index is 0.540. The first-order valence-corrected chi connectivity index (χ1v) is 8.05. The quantitative estimate of drug-likeness (QED) is 0.893. The number of benzene rings is 1. The molecule has 2 heteroatoms. The van der Waals surface area contributed by atoms with Crippen LogP contribution < -0.4 is 10.2 Å². The molecule has 2 nitrogen and oxygen atoms in total. The van der Waals surface area contributed by atoms with E-state index < -0.39 is 0 Å². The molecule has 1 fully saturated rings. The van der Waals surface area contributed by atoms with Crippen molar-refractivity contribution < 1.29 is 0 Å². The number of anilines is 1. The molecule has 0 radical (unpaired) electrons. The van der Waals surface area contributed by atoms with Crippen LogP contribution in [0.25, 0.3) is 0 Å². The van der Waals surface area contributed by atoms with Crippen LogP contribution in [-0.4, -0.2) is 19.1 Å². The van der Waals surface area contributed by atoms with Crippen LogP contribution in [0.5, 0.6) is 0 Å². The number of nitrogens with zero attached hydrogens (tertiary/aromatic N) is 1. The van der Waals surface area contributed by atoms with E-state index in [2.05, 4.69) is 63.0 Å². The third-order valence-corrected chi connectivity index (χ3v) is 4.73. The highest BCUT2D eigenvalue weighted by Gasteiger charge is 2.22. The third kappa shape index (κ3) is 3.76. The fraction of sp³-hybridized carbons (Fsp3) is 0.667. The zero-order chi connectivity index (χ0) is 14.7. The molecule has 1 heterocycles. The van der Waals surface area contributed by atoms with Gasteiger partial charge in [0.25, 0.3) is 0 Å². The SMILES string of the molecule is Cc1cc(N2CCC(C)C(C)C2)ccc1CNC(C)C. The fourth-order valence-electron chi connectivity index (χ4n) is 2.89. The summed E-state index contributed by atoms with van der Waals surface area (Å²) in [6.07, 6.45) is 1.32. The summed E-state index contributed by atoms with van der Waals surface area (Å²) in [6, 6.07) is 7.49. The maximum absolute atomic E-state index is 3.50. The fourth-order valence-corrected chi connectivity index (χ4v) is 2.89. The molecule has 0 saturated carbocycles. The lowest BCUT2D eigenvalue weighted by Crippen LogP contribution is -2.38. The molecule has 1 aliphatic heterocycles. The third-order valence-electron chi connectivity index (χ3n) is 4.73. The Morgan fingerprint density at radius 1 is 1.25 bits per heavy atom. The molecule has 0 spiro atoms. The van der Waals surface area contributed by atoms with E-state index in [-0.39, 0.29) is 0 Å². The van der Waals surface area contributed by atoms with Gasteiger partial charge in [0.1, 0.15) is 0 Å². The predicted molar refractivity (Wildman–Crippen MR) is 88.3 cm³/mol. The molecule has 2 rings (SSSR count). The second-order valence-electron chi connectivity index (χ2n) is 6.84. The van der Waals surface area contributed by atoms with E-state index in [1.54, 1.807) is 0 Å². The van der Waals surface area contributed by atoms with Gasteiger partial charge in [0.05, 0.1) is 0 Å². The molecule has 0 bridgehead atoms. The lowest BCUT2D eigenvalue weighted by molar-refractivity contribution is 0.324. The average molecular weight is 274 g/mol. The molecule has 1 N–H and O–H groups in total. The van der Waals surface area contributed by atoms with E-state index >= 15 is 0 Å². The number of hydrogen-bond donors (Lipinski definition) is 1. The van der Waals surface area contributed by atoms with Gasteiger partial charge in [0.15, 0.2) is 0 Å². The Balaban J connectivity index is 2.05. The van der Waals surface area contributed by atoms with Gasteiger partial charge in [-0.1, -0.05) is 33.8 Å². The Hall–Kier alpha value is -1.02. The molecule has 1 aromatic carbocycles. The molecular formula is C18H30N2. The monoisotopic (exact) mass is 274 g/mol. The first-order chi connectivity index (χ1) is 9.47. The molecule has 0 aromatic heterocycles. The summed E-state index contributed by atoms with van der Waals surface area (Å²) in [4.78, 5) is 2.55. The summed E-state index contributed by atoms with van der Waals surface area (Å²) in [7, 11) is 0. The zero-order valence-corrected chi connectivity index (χ0v) is 13.7. The Labute approximate surface area is 124 Å². The second-order valence-corrected chi connectivity index (χ2v) is 6.84. The summed E-state index contributed by atoms with van der Waals surface area (Å²) >= 11 is 0. The van der Waals surface area contributed by atoms with Crippen LogP contribution in [0.1, 0.15) is 45.2 Å². The van der Waals surface area contributed by atoms with Crippen molar-refractivity contribution in [1.82, 2.24) is 5.32 Å². The molecule has 2 unspecified atom stereocenters. The number of nitrogens with one attached hydrogen (secondary N) is 1. The molecule has 20 heavy (non-hydrogen) atoms. The number of piperidine rings is 1. The summed E-state index contributed by atoms with van der Waals surface area (Å²) in [6.45, 7) is 14.8. The summed E-state index contributed by atoms with van der Waals surface area (Å²) in [5.74, 6) is 1.66. The molecule has 1 aliphatic rings. The van der Waals surface area contributed by atoms with Crippen molar-refractivity contribution in [2.75, 3.05) is 18.0 Å². The van der Waals surface area contributed by atoms with Crippen molar-refractivity contribution in [3.05, 3.63) is 29.3 Å². The van der Waals surface area contributed by atoms with E-state index in [1.165, 1.54) is 36.3 Å². The van der Waals surface area contributed by atoms with E-state index in [0.717, 1.165) is 18.4 Å².